The molecule has 0 aliphatic heterocycles. The molecule has 0 aromatic heterocycles. The monoisotopic (exact) mass is 789 g/mol. The van der Waals surface area contributed by atoms with Crippen molar-refractivity contribution < 1.29 is 58.3 Å². The van der Waals surface area contributed by atoms with Gasteiger partial charge in [-0.3, -0.25) is 13.6 Å². The molecule has 9 N–H and O–H groups in total. The summed E-state index contributed by atoms with van der Waals surface area (Å²) < 4.78 is 21.2. The van der Waals surface area contributed by atoms with E-state index < -0.39 is 25.1 Å². The van der Waals surface area contributed by atoms with Crippen LogP contribution in [-0.4, -0.2) is 50.8 Å². The molecule has 0 heterocycles. The summed E-state index contributed by atoms with van der Waals surface area (Å²) >= 11 is 0. The number of hydrogen-bond acceptors (Lipinski definition) is 12. The number of benzene rings is 3. The Balaban J connectivity index is 0.00000153. The molecule has 3 rings (SSSR count). The third kappa shape index (κ3) is 14.7. The van der Waals surface area contributed by atoms with Crippen molar-refractivity contribution in [2.75, 3.05) is 6.16 Å². The molecule has 15 heteroatoms. The predicted molar refractivity (Wildman–Crippen MR) is 210 cm³/mol. The Morgan fingerprint density at radius 3 is 0.962 bits per heavy atom. The first-order chi connectivity index (χ1) is 24.0. The highest BCUT2D eigenvalue weighted by molar-refractivity contribution is 7.62. The van der Waals surface area contributed by atoms with Gasteiger partial charge in [0.25, 0.3) is 0 Å². The Hall–Kier alpha value is -2.49. The zero-order valence-corrected chi connectivity index (χ0v) is 34.7. The fourth-order valence-corrected chi connectivity index (χ4v) is 7.41. The summed E-state index contributed by atoms with van der Waals surface area (Å²) in [4.78, 5) is 43.4. The van der Waals surface area contributed by atoms with Crippen molar-refractivity contribution in [2.24, 2.45) is 0 Å². The molecule has 0 fully saturated rings. The molecular weight excluding hydrogens is 729 g/mol. The van der Waals surface area contributed by atoms with Crippen molar-refractivity contribution in [3.8, 4) is 34.5 Å². The maximum absolute atomic E-state index is 10.5. The van der Waals surface area contributed by atoms with Crippen LogP contribution in [0.5, 0.6) is 34.5 Å². The Morgan fingerprint density at radius 1 is 0.500 bits per heavy atom. The molecule has 52 heavy (non-hydrogen) atoms. The van der Waals surface area contributed by atoms with Gasteiger partial charge < -0.3 is 44.7 Å². The van der Waals surface area contributed by atoms with E-state index in [0.717, 1.165) is 48.8 Å². The summed E-state index contributed by atoms with van der Waals surface area (Å²) in [7, 11) is -8.53. The minimum atomic E-state index is -3.29. The fraction of sp³-hybridized carbons (Fsp3) is 0.514. The SMILES string of the molecule is CCCC[P+](Oc1ccc(O)cc1C(C)(C)CC)(Oc1ccc(O)cc1C(C)(C)CC)Oc1ccc(O)cc1C(C)(C)CC.OP(O)O.OP(O)O. The van der Waals surface area contributed by atoms with Crippen molar-refractivity contribution in [3.63, 3.8) is 0 Å². The van der Waals surface area contributed by atoms with E-state index in [1.807, 2.05) is 0 Å². The summed E-state index contributed by atoms with van der Waals surface area (Å²) in [6, 6.07) is 15.6. The van der Waals surface area contributed by atoms with Gasteiger partial charge in [0.15, 0.2) is 23.4 Å². The van der Waals surface area contributed by atoms with Crippen LogP contribution in [0.2, 0.25) is 0 Å². The first kappa shape index (κ1) is 47.5. The average Bonchev–Trinajstić information content (AvgIpc) is 3.05. The molecule has 3 aromatic rings. The van der Waals surface area contributed by atoms with Gasteiger partial charge in [-0.15, -0.1) is 0 Å². The lowest BCUT2D eigenvalue weighted by Gasteiger charge is -2.32. The normalized spacial score (nSPS) is 12.1. The molecule has 0 radical (unpaired) electrons. The van der Waals surface area contributed by atoms with E-state index in [1.54, 1.807) is 54.6 Å². The van der Waals surface area contributed by atoms with Crippen LogP contribution in [0.1, 0.15) is 118 Å². The second-order valence-electron chi connectivity index (χ2n) is 14.3. The van der Waals surface area contributed by atoms with Gasteiger partial charge in [-0.05, 0) is 96.5 Å². The molecule has 0 spiro atoms. The smallest absolute Gasteiger partial charge is 0.508 e. The van der Waals surface area contributed by atoms with E-state index in [1.165, 1.54) is 0 Å². The molecule has 294 valence electrons. The molecule has 3 aromatic carbocycles. The number of phenolic OH excluding ortho intramolecular Hbond substituents is 3. The molecule has 0 aliphatic rings. The molecule has 0 bridgehead atoms. The highest BCUT2D eigenvalue weighted by Crippen LogP contribution is 2.64. The second-order valence-corrected chi connectivity index (χ2v) is 17.5. The van der Waals surface area contributed by atoms with Crippen LogP contribution in [0.15, 0.2) is 54.6 Å². The van der Waals surface area contributed by atoms with Gasteiger partial charge in [0.1, 0.15) is 17.2 Å². The van der Waals surface area contributed by atoms with E-state index in [-0.39, 0.29) is 33.5 Å². The van der Waals surface area contributed by atoms with E-state index >= 15 is 0 Å². The van der Waals surface area contributed by atoms with Crippen molar-refractivity contribution in [1.82, 2.24) is 0 Å². The van der Waals surface area contributed by atoms with Gasteiger partial charge in [-0.2, -0.15) is 0 Å². The summed E-state index contributed by atoms with van der Waals surface area (Å²) in [5.41, 5.74) is 1.72. The van der Waals surface area contributed by atoms with Crippen molar-refractivity contribution >= 4 is 25.1 Å². The Bertz CT molecular complexity index is 1360. The van der Waals surface area contributed by atoms with Crippen LogP contribution in [0, 0.1) is 0 Å². The molecule has 0 saturated heterocycles. The summed E-state index contributed by atoms with van der Waals surface area (Å²) in [6.07, 6.45) is 4.66. The fourth-order valence-electron chi connectivity index (χ4n) is 4.94. The molecule has 0 saturated carbocycles. The van der Waals surface area contributed by atoms with E-state index in [2.05, 4.69) is 69.2 Å². The first-order valence-corrected chi connectivity index (χ1v) is 21.3. The molecule has 0 amide bonds. The van der Waals surface area contributed by atoms with Gasteiger partial charge in [-0.25, -0.2) is 0 Å². The number of unbranched alkanes of at least 4 members (excludes halogenated alkanes) is 1. The highest BCUT2D eigenvalue weighted by Gasteiger charge is 2.52. The van der Waals surface area contributed by atoms with Crippen molar-refractivity contribution in [3.05, 3.63) is 71.3 Å². The third-order valence-electron chi connectivity index (χ3n) is 9.23. The third-order valence-corrected chi connectivity index (χ3v) is 11.5. The standard InChI is InChI=1S/C37H53O6P.2H3O3P/c1-11-15-22-44(41-32-19-16-26(38)23-29(32)35(5,6)12-2,42-33-20-17-27(39)24-30(33)36(7,8)13-3)43-34-21-18-28(40)25-31(34)37(9,10)14-4;2*1-4(2)3/h16-21,23-25H,11-15,22H2,1-10H3,(H2-,38,39,40);2*1-3H/p+1. The van der Waals surface area contributed by atoms with Crippen molar-refractivity contribution in [2.45, 2.75) is 118 Å². The summed E-state index contributed by atoms with van der Waals surface area (Å²) in [6.45, 7) is 21.3. The lowest BCUT2D eigenvalue weighted by Crippen LogP contribution is -2.25. The Kier molecular flexibility index (Phi) is 19.0. The van der Waals surface area contributed by atoms with Crippen molar-refractivity contribution in [1.29, 1.82) is 0 Å². The van der Waals surface area contributed by atoms with Crippen LogP contribution in [0.4, 0.5) is 0 Å². The molecule has 0 atom stereocenters. The van der Waals surface area contributed by atoms with Crippen LogP contribution < -0.4 is 13.6 Å². The summed E-state index contributed by atoms with van der Waals surface area (Å²) in [5.74, 6) is 2.32. The predicted octanol–water partition coefficient (Wildman–Crippen LogP) is 9.35. The minimum Gasteiger partial charge on any atom is -0.508 e. The number of phenols is 3. The van der Waals surface area contributed by atoms with Crippen LogP contribution in [0.3, 0.4) is 0 Å². The largest absolute Gasteiger partial charge is 0.541 e. The highest BCUT2D eigenvalue weighted by atomic mass is 31.2. The van der Waals surface area contributed by atoms with Gasteiger partial charge >= 0.3 is 25.1 Å². The van der Waals surface area contributed by atoms with Crippen LogP contribution in [-0.2, 0) is 16.2 Å². The Morgan fingerprint density at radius 2 is 0.750 bits per heavy atom. The van der Waals surface area contributed by atoms with Crippen LogP contribution >= 0.6 is 25.1 Å². The number of hydrogen-bond donors (Lipinski definition) is 9. The quantitative estimate of drug-likeness (QED) is 0.0660. The lowest BCUT2D eigenvalue weighted by molar-refractivity contribution is 0.333. The minimum absolute atomic E-state index is 0.171. The maximum atomic E-state index is 10.5. The Labute approximate surface area is 312 Å². The maximum Gasteiger partial charge on any atom is 0.541 e. The topological polar surface area (TPSA) is 210 Å². The van der Waals surface area contributed by atoms with E-state index in [0.29, 0.717) is 23.4 Å². The van der Waals surface area contributed by atoms with Gasteiger partial charge in [0, 0.05) is 16.7 Å². The summed E-state index contributed by atoms with van der Waals surface area (Å²) in [5, 5.41) is 31.5. The zero-order valence-electron chi connectivity index (χ0n) is 32.0. The zero-order chi connectivity index (χ0) is 40.1. The van der Waals surface area contributed by atoms with Gasteiger partial charge in [-0.1, -0.05) is 75.7 Å². The van der Waals surface area contributed by atoms with Gasteiger partial charge in [0.05, 0.1) is 0 Å². The number of aromatic hydroxyl groups is 3. The molecule has 12 nitrogen and oxygen atoms in total. The molecule has 0 aliphatic carbocycles. The average molecular weight is 790 g/mol. The van der Waals surface area contributed by atoms with Gasteiger partial charge in [0.2, 0.25) is 0 Å². The van der Waals surface area contributed by atoms with E-state index in [9.17, 15) is 15.3 Å². The number of rotatable bonds is 15. The molecule has 0 unspecified atom stereocenters. The second kappa shape index (κ2) is 20.8. The lowest BCUT2D eigenvalue weighted by atomic mass is 9.81. The van der Waals surface area contributed by atoms with E-state index in [4.69, 9.17) is 42.9 Å². The first-order valence-electron chi connectivity index (χ1n) is 17.2. The van der Waals surface area contributed by atoms with Crippen LogP contribution in [0.25, 0.3) is 0 Å². The molecular formula is C37H60O12P3+.